The number of nitrogens with one attached hydrogen (secondary N) is 2. The molecule has 0 saturated carbocycles. The summed E-state index contributed by atoms with van der Waals surface area (Å²) in [5, 5.41) is 2.70. The predicted octanol–water partition coefficient (Wildman–Crippen LogP) is 1.64. The van der Waals surface area contributed by atoms with Crippen molar-refractivity contribution in [2.75, 3.05) is 5.75 Å². The molecule has 0 radical (unpaired) electrons. The van der Waals surface area contributed by atoms with Crippen LogP contribution < -0.4 is 10.0 Å². The third kappa shape index (κ3) is 6.77. The first-order valence-corrected chi connectivity index (χ1v) is 8.79. The van der Waals surface area contributed by atoms with Crippen molar-refractivity contribution in [1.29, 1.82) is 0 Å². The second-order valence-electron chi connectivity index (χ2n) is 5.42. The largest absolute Gasteiger partial charge is 0.467 e. The molecule has 120 valence electrons. The van der Waals surface area contributed by atoms with Crippen LogP contribution in [0.5, 0.6) is 0 Å². The summed E-state index contributed by atoms with van der Waals surface area (Å²) in [5.41, 5.74) is 0. The Balaban J connectivity index is 2.65. The predicted molar refractivity (Wildman–Crippen MR) is 81.0 cm³/mol. The van der Waals surface area contributed by atoms with Gasteiger partial charge in [-0.1, -0.05) is 20.8 Å². The lowest BCUT2D eigenvalue weighted by Gasteiger charge is -2.19. The molecule has 0 aliphatic rings. The molecule has 0 bridgehead atoms. The smallest absolute Gasteiger partial charge is 0.238 e. The van der Waals surface area contributed by atoms with Crippen LogP contribution in [0.4, 0.5) is 0 Å². The zero-order valence-corrected chi connectivity index (χ0v) is 13.6. The van der Waals surface area contributed by atoms with Gasteiger partial charge in [0.1, 0.15) is 11.8 Å². The maximum absolute atomic E-state index is 12.2. The summed E-state index contributed by atoms with van der Waals surface area (Å²) < 4.78 is 31.3. The fourth-order valence-electron chi connectivity index (χ4n) is 1.94. The van der Waals surface area contributed by atoms with E-state index in [-0.39, 0.29) is 24.1 Å². The van der Waals surface area contributed by atoms with Crippen LogP contribution in [0.3, 0.4) is 0 Å². The van der Waals surface area contributed by atoms with Gasteiger partial charge in [0.15, 0.2) is 0 Å². The number of carbonyl (C=O) groups excluding carboxylic acids is 1. The van der Waals surface area contributed by atoms with E-state index in [1.54, 1.807) is 19.1 Å². The molecule has 0 aromatic carbocycles. The Morgan fingerprint density at radius 1 is 1.38 bits per heavy atom. The Bertz CT molecular complexity index is 523. The van der Waals surface area contributed by atoms with Crippen LogP contribution in [0.15, 0.2) is 22.8 Å². The van der Waals surface area contributed by atoms with Gasteiger partial charge in [0.25, 0.3) is 0 Å². The molecule has 0 fully saturated rings. The fraction of sp³-hybridized carbons (Fsp3) is 0.643. The molecule has 1 amide bonds. The van der Waals surface area contributed by atoms with Crippen LogP contribution in [0.1, 0.15) is 39.4 Å². The average Bonchev–Trinajstić information content (AvgIpc) is 2.87. The summed E-state index contributed by atoms with van der Waals surface area (Å²) in [7, 11) is -3.43. The minimum Gasteiger partial charge on any atom is -0.467 e. The second kappa shape index (κ2) is 8.19. The van der Waals surface area contributed by atoms with E-state index in [4.69, 9.17) is 4.42 Å². The molecule has 1 rings (SSSR count). The Hall–Kier alpha value is -1.34. The zero-order valence-electron chi connectivity index (χ0n) is 12.8. The SMILES string of the molecule is CCCS(=O)(=O)N[C@H](CC(C)C)C(=O)NCc1ccco1. The van der Waals surface area contributed by atoms with E-state index in [1.807, 2.05) is 13.8 Å². The highest BCUT2D eigenvalue weighted by Crippen LogP contribution is 2.08. The highest BCUT2D eigenvalue weighted by atomic mass is 32.2. The lowest BCUT2D eigenvalue weighted by Crippen LogP contribution is -2.47. The number of rotatable bonds is 9. The van der Waals surface area contributed by atoms with Crippen LogP contribution in [0, 0.1) is 5.92 Å². The third-order valence-corrected chi connectivity index (χ3v) is 4.42. The van der Waals surface area contributed by atoms with E-state index in [0.717, 1.165) is 0 Å². The minimum atomic E-state index is -3.43. The molecule has 0 unspecified atom stereocenters. The standard InChI is InChI=1S/C14H24N2O4S/c1-4-8-21(18,19)16-13(9-11(2)3)14(17)15-10-12-6-5-7-20-12/h5-7,11,13,16H,4,8-10H2,1-3H3,(H,15,17)/t13-/m1/s1. The molecular weight excluding hydrogens is 292 g/mol. The number of amides is 1. The van der Waals surface area contributed by atoms with Crippen molar-refractivity contribution in [3.63, 3.8) is 0 Å². The molecule has 1 aromatic heterocycles. The molecular formula is C14H24N2O4S. The van der Waals surface area contributed by atoms with Crippen LogP contribution in [-0.4, -0.2) is 26.1 Å². The summed E-state index contributed by atoms with van der Waals surface area (Å²) in [4.78, 5) is 12.2. The topological polar surface area (TPSA) is 88.4 Å². The second-order valence-corrected chi connectivity index (χ2v) is 7.29. The van der Waals surface area contributed by atoms with Gasteiger partial charge in [-0.3, -0.25) is 4.79 Å². The van der Waals surface area contributed by atoms with Crippen molar-refractivity contribution in [1.82, 2.24) is 10.0 Å². The molecule has 0 aliphatic carbocycles. The first-order valence-electron chi connectivity index (χ1n) is 7.14. The zero-order chi connectivity index (χ0) is 15.9. The van der Waals surface area contributed by atoms with E-state index < -0.39 is 16.1 Å². The van der Waals surface area contributed by atoms with Gasteiger partial charge in [-0.25, -0.2) is 13.1 Å². The Labute approximate surface area is 126 Å². The first kappa shape index (κ1) is 17.7. The normalized spacial score (nSPS) is 13.3. The number of hydrogen-bond donors (Lipinski definition) is 2. The summed E-state index contributed by atoms with van der Waals surface area (Å²) in [6.07, 6.45) is 2.49. The van der Waals surface area contributed by atoms with Crippen molar-refractivity contribution in [2.24, 2.45) is 5.92 Å². The van der Waals surface area contributed by atoms with E-state index in [9.17, 15) is 13.2 Å². The molecule has 0 saturated heterocycles. The van der Waals surface area contributed by atoms with Gasteiger partial charge in [-0.2, -0.15) is 0 Å². The fourth-order valence-corrected chi connectivity index (χ4v) is 3.23. The van der Waals surface area contributed by atoms with Gasteiger partial charge in [0.05, 0.1) is 18.6 Å². The molecule has 0 aliphatic heterocycles. The van der Waals surface area contributed by atoms with Gasteiger partial charge in [-0.15, -0.1) is 0 Å². The molecule has 0 spiro atoms. The Kier molecular flexibility index (Phi) is 6.91. The molecule has 1 atom stereocenters. The highest BCUT2D eigenvalue weighted by Gasteiger charge is 2.24. The van der Waals surface area contributed by atoms with Gasteiger partial charge in [0, 0.05) is 0 Å². The molecule has 1 heterocycles. The number of hydrogen-bond acceptors (Lipinski definition) is 4. The van der Waals surface area contributed by atoms with Crippen LogP contribution >= 0.6 is 0 Å². The van der Waals surface area contributed by atoms with Gasteiger partial charge in [0.2, 0.25) is 15.9 Å². The lowest BCUT2D eigenvalue weighted by atomic mass is 10.0. The van der Waals surface area contributed by atoms with Crippen LogP contribution in [0.2, 0.25) is 0 Å². The van der Waals surface area contributed by atoms with Crippen molar-refractivity contribution in [2.45, 2.75) is 46.2 Å². The third-order valence-electron chi connectivity index (χ3n) is 2.84. The van der Waals surface area contributed by atoms with E-state index >= 15 is 0 Å². The van der Waals surface area contributed by atoms with Gasteiger partial charge < -0.3 is 9.73 Å². The average molecular weight is 316 g/mol. The first-order chi connectivity index (χ1) is 9.84. The van der Waals surface area contributed by atoms with Crippen LogP contribution in [0.25, 0.3) is 0 Å². The van der Waals surface area contributed by atoms with Gasteiger partial charge >= 0.3 is 0 Å². The summed E-state index contributed by atoms with van der Waals surface area (Å²) in [6, 6.07) is 2.73. The molecule has 21 heavy (non-hydrogen) atoms. The van der Waals surface area contributed by atoms with Gasteiger partial charge in [-0.05, 0) is 30.9 Å². The van der Waals surface area contributed by atoms with Crippen LogP contribution in [-0.2, 0) is 21.4 Å². The van der Waals surface area contributed by atoms with Crippen molar-refractivity contribution >= 4 is 15.9 Å². The molecule has 6 nitrogen and oxygen atoms in total. The van der Waals surface area contributed by atoms with Crippen molar-refractivity contribution < 1.29 is 17.6 Å². The minimum absolute atomic E-state index is 0.0209. The summed E-state index contributed by atoms with van der Waals surface area (Å²) >= 11 is 0. The quantitative estimate of drug-likeness (QED) is 0.725. The molecule has 2 N–H and O–H groups in total. The highest BCUT2D eigenvalue weighted by molar-refractivity contribution is 7.89. The monoisotopic (exact) mass is 316 g/mol. The number of furan rings is 1. The molecule has 1 aromatic rings. The maximum Gasteiger partial charge on any atom is 0.238 e. The number of sulfonamides is 1. The van der Waals surface area contributed by atoms with Crippen molar-refractivity contribution in [3.8, 4) is 0 Å². The lowest BCUT2D eigenvalue weighted by molar-refractivity contribution is -0.123. The maximum atomic E-state index is 12.2. The van der Waals surface area contributed by atoms with Crippen molar-refractivity contribution in [3.05, 3.63) is 24.2 Å². The Morgan fingerprint density at radius 3 is 2.62 bits per heavy atom. The summed E-state index contributed by atoms with van der Waals surface area (Å²) in [5.74, 6) is 0.518. The van der Waals surface area contributed by atoms with E-state index in [2.05, 4.69) is 10.0 Å². The summed E-state index contributed by atoms with van der Waals surface area (Å²) in [6.45, 7) is 5.92. The van der Waals surface area contributed by atoms with E-state index in [1.165, 1.54) is 6.26 Å². The van der Waals surface area contributed by atoms with E-state index in [0.29, 0.717) is 18.6 Å². The Morgan fingerprint density at radius 2 is 2.10 bits per heavy atom. The number of carbonyl (C=O) groups is 1. The molecule has 7 heteroatoms.